The summed E-state index contributed by atoms with van der Waals surface area (Å²) in [6, 6.07) is 11.2. The number of benzene rings is 1. The Kier molecular flexibility index (Phi) is 4.04. The maximum atomic E-state index is 6.13. The van der Waals surface area contributed by atoms with Gasteiger partial charge in [-0.1, -0.05) is 30.3 Å². The van der Waals surface area contributed by atoms with E-state index in [9.17, 15) is 0 Å². The molecule has 1 aliphatic carbocycles. The second kappa shape index (κ2) is 6.54. The van der Waals surface area contributed by atoms with Crippen LogP contribution in [-0.4, -0.2) is 40.5 Å². The number of nitrogen functional groups attached to an aromatic ring is 1. The zero-order valence-corrected chi connectivity index (χ0v) is 15.2. The molecule has 3 saturated heterocycles. The van der Waals surface area contributed by atoms with Crippen LogP contribution in [0.15, 0.2) is 30.3 Å². The van der Waals surface area contributed by atoms with Gasteiger partial charge in [0, 0.05) is 24.1 Å². The normalized spacial score (nSPS) is 30.0. The van der Waals surface area contributed by atoms with Crippen molar-refractivity contribution in [2.24, 2.45) is 5.92 Å². The van der Waals surface area contributed by atoms with E-state index in [1.807, 2.05) is 0 Å². The Morgan fingerprint density at radius 2 is 1.85 bits per heavy atom. The quantitative estimate of drug-likeness (QED) is 0.891. The van der Waals surface area contributed by atoms with E-state index in [1.165, 1.54) is 43.5 Å². The highest BCUT2D eigenvalue weighted by Crippen LogP contribution is 2.39. The monoisotopic (exact) mass is 349 g/mol. The molecule has 4 heterocycles. The summed E-state index contributed by atoms with van der Waals surface area (Å²) < 4.78 is 0. The molecule has 3 fully saturated rings. The zero-order valence-electron chi connectivity index (χ0n) is 15.2. The van der Waals surface area contributed by atoms with Crippen LogP contribution in [-0.2, 0) is 6.42 Å². The molecule has 4 aliphatic rings. The van der Waals surface area contributed by atoms with Crippen LogP contribution in [0, 0.1) is 5.92 Å². The van der Waals surface area contributed by atoms with E-state index in [1.54, 1.807) is 0 Å². The molecule has 5 heteroatoms. The van der Waals surface area contributed by atoms with Gasteiger partial charge in [-0.25, -0.2) is 4.98 Å². The van der Waals surface area contributed by atoms with Crippen LogP contribution in [0.4, 0.5) is 11.8 Å². The first kappa shape index (κ1) is 16.1. The molecule has 3 aliphatic heterocycles. The van der Waals surface area contributed by atoms with E-state index in [0.29, 0.717) is 17.9 Å². The molecule has 26 heavy (non-hydrogen) atoms. The molecule has 1 unspecified atom stereocenters. The minimum Gasteiger partial charge on any atom is -0.368 e. The molecule has 0 saturated carbocycles. The molecule has 136 valence electrons. The fourth-order valence-electron chi connectivity index (χ4n) is 5.11. The third-order valence-electron chi connectivity index (χ3n) is 6.49. The summed E-state index contributed by atoms with van der Waals surface area (Å²) >= 11 is 0. The number of piperidine rings is 3. The fraction of sp³-hybridized carbons (Fsp3) is 0.524. The Morgan fingerprint density at radius 1 is 1.04 bits per heavy atom. The van der Waals surface area contributed by atoms with Gasteiger partial charge < -0.3 is 16.0 Å². The third kappa shape index (κ3) is 2.84. The molecule has 2 atom stereocenters. The number of rotatable bonds is 3. The highest BCUT2D eigenvalue weighted by molar-refractivity contribution is 5.54. The van der Waals surface area contributed by atoms with Crippen molar-refractivity contribution >= 4 is 11.8 Å². The molecule has 5 nitrogen and oxygen atoms in total. The molecule has 6 rings (SSSR count). The second-order valence-corrected chi connectivity index (χ2v) is 8.04. The van der Waals surface area contributed by atoms with Gasteiger partial charge in [0.05, 0.1) is 5.69 Å². The van der Waals surface area contributed by atoms with Crippen LogP contribution in [0.2, 0.25) is 0 Å². The van der Waals surface area contributed by atoms with Crippen molar-refractivity contribution in [3.63, 3.8) is 0 Å². The predicted molar refractivity (Wildman–Crippen MR) is 104 cm³/mol. The van der Waals surface area contributed by atoms with E-state index in [0.717, 1.165) is 36.8 Å². The molecular weight excluding hydrogens is 322 g/mol. The number of hydrogen-bond donors (Lipinski definition) is 2. The van der Waals surface area contributed by atoms with Crippen LogP contribution in [0.1, 0.15) is 48.4 Å². The number of nitrogens with zero attached hydrogens (tertiary/aromatic N) is 3. The van der Waals surface area contributed by atoms with Crippen molar-refractivity contribution in [3.8, 4) is 0 Å². The lowest BCUT2D eigenvalue weighted by Crippen LogP contribution is -2.53. The Morgan fingerprint density at radius 3 is 2.58 bits per heavy atom. The summed E-state index contributed by atoms with van der Waals surface area (Å²) in [7, 11) is 0. The SMILES string of the molecule is Nc1nc(N[C@H]2CN3CCC2CC3)c2c(n1)C(c1ccccc1)CCC2. The summed E-state index contributed by atoms with van der Waals surface area (Å²) in [5.41, 5.74) is 9.89. The van der Waals surface area contributed by atoms with Gasteiger partial charge in [-0.15, -0.1) is 0 Å². The Labute approximate surface area is 155 Å². The number of nitrogens with two attached hydrogens (primary N) is 1. The summed E-state index contributed by atoms with van der Waals surface area (Å²) in [6.45, 7) is 3.64. The molecule has 0 radical (unpaired) electrons. The van der Waals surface area contributed by atoms with Crippen LogP contribution < -0.4 is 11.1 Å². The number of anilines is 2. The number of fused-ring (bicyclic) bond motifs is 4. The van der Waals surface area contributed by atoms with Gasteiger partial charge in [-0.3, -0.25) is 0 Å². The average molecular weight is 349 g/mol. The first-order valence-electron chi connectivity index (χ1n) is 9.98. The van der Waals surface area contributed by atoms with Gasteiger partial charge in [0.25, 0.3) is 0 Å². The Bertz CT molecular complexity index is 782. The summed E-state index contributed by atoms with van der Waals surface area (Å²) in [5.74, 6) is 2.49. The number of hydrogen-bond acceptors (Lipinski definition) is 5. The van der Waals surface area contributed by atoms with Crippen molar-refractivity contribution in [2.45, 2.75) is 44.1 Å². The topological polar surface area (TPSA) is 67.1 Å². The first-order valence-corrected chi connectivity index (χ1v) is 9.98. The Hall–Kier alpha value is -2.14. The first-order chi connectivity index (χ1) is 12.8. The average Bonchev–Trinajstić information content (AvgIpc) is 2.69. The second-order valence-electron chi connectivity index (χ2n) is 8.04. The van der Waals surface area contributed by atoms with Crippen LogP contribution in [0.3, 0.4) is 0 Å². The molecule has 0 amide bonds. The smallest absolute Gasteiger partial charge is 0.222 e. The van der Waals surface area contributed by atoms with Gasteiger partial charge in [-0.2, -0.15) is 4.98 Å². The number of nitrogens with one attached hydrogen (secondary N) is 1. The minimum atomic E-state index is 0.331. The largest absolute Gasteiger partial charge is 0.368 e. The van der Waals surface area contributed by atoms with Gasteiger partial charge in [-0.05, 0) is 56.7 Å². The van der Waals surface area contributed by atoms with Crippen molar-refractivity contribution < 1.29 is 0 Å². The van der Waals surface area contributed by atoms with E-state index in [2.05, 4.69) is 50.5 Å². The zero-order chi connectivity index (χ0) is 17.5. The van der Waals surface area contributed by atoms with Gasteiger partial charge in [0.15, 0.2) is 0 Å². The third-order valence-corrected chi connectivity index (χ3v) is 6.49. The van der Waals surface area contributed by atoms with Gasteiger partial charge in [0.2, 0.25) is 5.95 Å². The Balaban J connectivity index is 1.49. The van der Waals surface area contributed by atoms with E-state index in [4.69, 9.17) is 5.73 Å². The molecule has 2 bridgehead atoms. The van der Waals surface area contributed by atoms with Gasteiger partial charge in [0.1, 0.15) is 5.82 Å². The van der Waals surface area contributed by atoms with Crippen molar-refractivity contribution in [1.29, 1.82) is 0 Å². The molecule has 2 aromatic rings. The lowest BCUT2D eigenvalue weighted by atomic mass is 9.81. The van der Waals surface area contributed by atoms with Crippen molar-refractivity contribution in [2.75, 3.05) is 30.7 Å². The maximum absolute atomic E-state index is 6.13. The highest BCUT2D eigenvalue weighted by Gasteiger charge is 2.35. The minimum absolute atomic E-state index is 0.331. The lowest BCUT2D eigenvalue weighted by Gasteiger charge is -2.45. The maximum Gasteiger partial charge on any atom is 0.222 e. The van der Waals surface area contributed by atoms with Crippen LogP contribution in [0.5, 0.6) is 0 Å². The molecule has 3 N–H and O–H groups in total. The molecule has 1 aromatic heterocycles. The standard InChI is InChI=1S/C21H27N5/c22-21-24-19-16(14-5-2-1-3-6-14)7-4-8-17(19)20(25-21)23-18-13-26-11-9-15(18)10-12-26/h1-3,5-6,15-16,18H,4,7-13H2,(H3,22,23,24,25)/t16?,18-/m0/s1. The van der Waals surface area contributed by atoms with Crippen molar-refractivity contribution in [3.05, 3.63) is 47.2 Å². The van der Waals surface area contributed by atoms with E-state index >= 15 is 0 Å². The van der Waals surface area contributed by atoms with Crippen LogP contribution in [0.25, 0.3) is 0 Å². The number of aromatic nitrogens is 2. The molecule has 1 aromatic carbocycles. The van der Waals surface area contributed by atoms with Gasteiger partial charge >= 0.3 is 0 Å². The summed E-state index contributed by atoms with van der Waals surface area (Å²) in [4.78, 5) is 11.9. The van der Waals surface area contributed by atoms with Crippen LogP contribution >= 0.6 is 0 Å². The van der Waals surface area contributed by atoms with Crippen molar-refractivity contribution in [1.82, 2.24) is 14.9 Å². The fourth-order valence-corrected chi connectivity index (χ4v) is 5.11. The highest BCUT2D eigenvalue weighted by atomic mass is 15.2. The summed E-state index contributed by atoms with van der Waals surface area (Å²) in [6.07, 6.45) is 5.95. The summed E-state index contributed by atoms with van der Waals surface area (Å²) in [5, 5.41) is 3.78. The molecule has 0 spiro atoms. The van der Waals surface area contributed by atoms with E-state index in [-0.39, 0.29) is 0 Å². The predicted octanol–water partition coefficient (Wildman–Crippen LogP) is 3.03. The lowest BCUT2D eigenvalue weighted by molar-refractivity contribution is 0.0973. The molecular formula is C21H27N5. The van der Waals surface area contributed by atoms with E-state index < -0.39 is 0 Å².